The Morgan fingerprint density at radius 1 is 1.04 bits per heavy atom. The highest BCUT2D eigenvalue weighted by Gasteiger charge is 2.13. The molecule has 0 N–H and O–H groups in total. The summed E-state index contributed by atoms with van der Waals surface area (Å²) < 4.78 is 0. The van der Waals surface area contributed by atoms with E-state index in [9.17, 15) is 14.9 Å². The SMILES string of the molecule is CC(C)(C)c1ccc(SCC(=O)c2ccc([N+](=O)[O-])cc2)cc1. The number of Topliss-reactive ketones (excluding diaryl/α,β-unsaturated/α-hetero) is 1. The number of thioether (sulfide) groups is 1. The van der Waals surface area contributed by atoms with Crippen molar-refractivity contribution in [2.75, 3.05) is 5.75 Å². The summed E-state index contributed by atoms with van der Waals surface area (Å²) in [5.74, 6) is 0.275. The number of carbonyl (C=O) groups is 1. The first-order valence-electron chi connectivity index (χ1n) is 7.28. The van der Waals surface area contributed by atoms with Gasteiger partial charge in [0.1, 0.15) is 0 Å². The Kier molecular flexibility index (Phi) is 5.21. The molecule has 23 heavy (non-hydrogen) atoms. The molecule has 0 aliphatic rings. The molecule has 0 saturated heterocycles. The molecule has 2 rings (SSSR count). The van der Waals surface area contributed by atoms with Crippen molar-refractivity contribution in [3.8, 4) is 0 Å². The lowest BCUT2D eigenvalue weighted by Crippen LogP contribution is -2.10. The van der Waals surface area contributed by atoms with E-state index in [0.717, 1.165) is 4.90 Å². The minimum atomic E-state index is -0.472. The number of hydrogen-bond acceptors (Lipinski definition) is 4. The third-order valence-corrected chi connectivity index (χ3v) is 4.50. The van der Waals surface area contributed by atoms with Crippen LogP contribution < -0.4 is 0 Å². The van der Waals surface area contributed by atoms with Crippen molar-refractivity contribution in [2.24, 2.45) is 0 Å². The summed E-state index contributed by atoms with van der Waals surface area (Å²) in [6, 6.07) is 13.9. The number of non-ortho nitro benzene ring substituents is 1. The minimum absolute atomic E-state index is 0.00743. The van der Waals surface area contributed by atoms with Gasteiger partial charge in [0.15, 0.2) is 5.78 Å². The molecule has 0 aliphatic carbocycles. The van der Waals surface area contributed by atoms with Crippen LogP contribution >= 0.6 is 11.8 Å². The van der Waals surface area contributed by atoms with E-state index >= 15 is 0 Å². The molecule has 0 unspecified atom stereocenters. The number of carbonyl (C=O) groups excluding carboxylic acids is 1. The van der Waals surface area contributed by atoms with Gasteiger partial charge in [0.25, 0.3) is 5.69 Å². The van der Waals surface area contributed by atoms with Gasteiger partial charge in [-0.15, -0.1) is 11.8 Å². The second-order valence-electron chi connectivity index (χ2n) is 6.29. The number of hydrogen-bond donors (Lipinski definition) is 0. The first-order chi connectivity index (χ1) is 10.8. The van der Waals surface area contributed by atoms with Gasteiger partial charge in [-0.05, 0) is 35.2 Å². The summed E-state index contributed by atoms with van der Waals surface area (Å²) in [6.45, 7) is 6.48. The molecule has 2 aromatic rings. The number of nitrogens with zero attached hydrogens (tertiary/aromatic N) is 1. The van der Waals surface area contributed by atoms with Crippen LogP contribution in [0.15, 0.2) is 53.4 Å². The topological polar surface area (TPSA) is 60.2 Å². The smallest absolute Gasteiger partial charge is 0.269 e. The molecule has 0 fully saturated rings. The molecule has 0 amide bonds. The fourth-order valence-corrected chi connectivity index (χ4v) is 2.85. The molecule has 120 valence electrons. The number of rotatable bonds is 5. The van der Waals surface area contributed by atoms with Crippen molar-refractivity contribution in [1.82, 2.24) is 0 Å². The van der Waals surface area contributed by atoms with E-state index in [4.69, 9.17) is 0 Å². The Bertz CT molecular complexity index is 701. The van der Waals surface area contributed by atoms with Crippen LogP contribution in [-0.4, -0.2) is 16.5 Å². The van der Waals surface area contributed by atoms with Crippen LogP contribution in [0.5, 0.6) is 0 Å². The van der Waals surface area contributed by atoms with Crippen LogP contribution in [0.3, 0.4) is 0 Å². The summed E-state index contributed by atoms with van der Waals surface area (Å²) in [7, 11) is 0. The molecule has 0 bridgehead atoms. The first kappa shape index (κ1) is 17.2. The average molecular weight is 329 g/mol. The van der Waals surface area contributed by atoms with Crippen molar-refractivity contribution >= 4 is 23.2 Å². The van der Waals surface area contributed by atoms with E-state index in [-0.39, 0.29) is 16.9 Å². The van der Waals surface area contributed by atoms with Crippen molar-refractivity contribution < 1.29 is 9.72 Å². The quantitative estimate of drug-likeness (QED) is 0.340. The summed E-state index contributed by atoms with van der Waals surface area (Å²) in [5, 5.41) is 10.6. The zero-order valence-electron chi connectivity index (χ0n) is 13.4. The third kappa shape index (κ3) is 4.66. The number of nitro groups is 1. The summed E-state index contributed by atoms with van der Waals surface area (Å²) in [4.78, 5) is 23.3. The van der Waals surface area contributed by atoms with E-state index in [1.165, 1.54) is 41.6 Å². The fraction of sp³-hybridized carbons (Fsp3) is 0.278. The summed E-state index contributed by atoms with van der Waals surface area (Å²) in [5.41, 5.74) is 1.85. The number of benzene rings is 2. The molecule has 0 aliphatic heterocycles. The van der Waals surface area contributed by atoms with Gasteiger partial charge in [0, 0.05) is 22.6 Å². The van der Waals surface area contributed by atoms with Crippen molar-refractivity contribution in [3.05, 3.63) is 69.8 Å². The van der Waals surface area contributed by atoms with E-state index in [2.05, 4.69) is 32.9 Å². The molecular formula is C18H19NO3S. The molecule has 4 nitrogen and oxygen atoms in total. The van der Waals surface area contributed by atoms with Crippen molar-refractivity contribution in [2.45, 2.75) is 31.1 Å². The molecule has 0 aromatic heterocycles. The standard InChI is InChI=1S/C18H19NO3S/c1-18(2,3)14-6-10-16(11-7-14)23-12-17(20)13-4-8-15(9-5-13)19(21)22/h4-11H,12H2,1-3H3. The zero-order valence-corrected chi connectivity index (χ0v) is 14.2. The normalized spacial score (nSPS) is 11.3. The van der Waals surface area contributed by atoms with Crippen LogP contribution in [0.25, 0.3) is 0 Å². The minimum Gasteiger partial charge on any atom is -0.293 e. The van der Waals surface area contributed by atoms with Gasteiger partial charge in [-0.2, -0.15) is 0 Å². The van der Waals surface area contributed by atoms with Crippen molar-refractivity contribution in [1.29, 1.82) is 0 Å². The van der Waals surface area contributed by atoms with Gasteiger partial charge in [-0.1, -0.05) is 32.9 Å². The van der Waals surface area contributed by atoms with Crippen LogP contribution in [0.2, 0.25) is 0 Å². The van der Waals surface area contributed by atoms with Gasteiger partial charge in [0.05, 0.1) is 10.7 Å². The molecule has 0 radical (unpaired) electrons. The van der Waals surface area contributed by atoms with E-state index in [1.807, 2.05) is 12.1 Å². The lowest BCUT2D eigenvalue weighted by atomic mass is 9.87. The van der Waals surface area contributed by atoms with Gasteiger partial charge in [-0.3, -0.25) is 14.9 Å². The monoisotopic (exact) mass is 329 g/mol. The highest BCUT2D eigenvalue weighted by atomic mass is 32.2. The van der Waals surface area contributed by atoms with Gasteiger partial charge in [-0.25, -0.2) is 0 Å². The molecule has 5 heteroatoms. The Morgan fingerprint density at radius 3 is 2.09 bits per heavy atom. The van der Waals surface area contributed by atoms with Crippen LogP contribution in [-0.2, 0) is 5.41 Å². The van der Waals surface area contributed by atoms with E-state index in [0.29, 0.717) is 11.3 Å². The average Bonchev–Trinajstić information content (AvgIpc) is 2.52. The predicted octanol–water partition coefficient (Wildman–Crippen LogP) is 4.87. The number of ketones is 1. The summed E-state index contributed by atoms with van der Waals surface area (Å²) in [6.07, 6.45) is 0. The van der Waals surface area contributed by atoms with Crippen LogP contribution in [0, 0.1) is 10.1 Å². The highest BCUT2D eigenvalue weighted by molar-refractivity contribution is 8.00. The van der Waals surface area contributed by atoms with Gasteiger partial charge < -0.3 is 0 Å². The molecule has 2 aromatic carbocycles. The van der Waals surface area contributed by atoms with Crippen LogP contribution in [0.1, 0.15) is 36.7 Å². The van der Waals surface area contributed by atoms with E-state index in [1.54, 1.807) is 0 Å². The third-order valence-electron chi connectivity index (χ3n) is 3.49. The molecule has 0 spiro atoms. The van der Waals surface area contributed by atoms with E-state index < -0.39 is 4.92 Å². The lowest BCUT2D eigenvalue weighted by molar-refractivity contribution is -0.384. The Balaban J connectivity index is 1.97. The second-order valence-corrected chi connectivity index (χ2v) is 7.34. The Morgan fingerprint density at radius 2 is 1.61 bits per heavy atom. The molecule has 0 heterocycles. The zero-order chi connectivity index (χ0) is 17.0. The van der Waals surface area contributed by atoms with Crippen LogP contribution in [0.4, 0.5) is 5.69 Å². The highest BCUT2D eigenvalue weighted by Crippen LogP contribution is 2.26. The summed E-state index contributed by atoms with van der Waals surface area (Å²) >= 11 is 1.47. The van der Waals surface area contributed by atoms with Gasteiger partial charge >= 0.3 is 0 Å². The Labute approximate surface area is 140 Å². The molecule has 0 saturated carbocycles. The second kappa shape index (κ2) is 6.96. The molecule has 0 atom stereocenters. The fourth-order valence-electron chi connectivity index (χ4n) is 2.05. The number of nitro benzene ring substituents is 1. The molecular weight excluding hydrogens is 310 g/mol. The maximum Gasteiger partial charge on any atom is 0.269 e. The predicted molar refractivity (Wildman–Crippen MR) is 93.3 cm³/mol. The Hall–Kier alpha value is -2.14. The largest absolute Gasteiger partial charge is 0.293 e. The van der Waals surface area contributed by atoms with Gasteiger partial charge in [0.2, 0.25) is 0 Å². The maximum absolute atomic E-state index is 12.1. The maximum atomic E-state index is 12.1. The lowest BCUT2D eigenvalue weighted by Gasteiger charge is -2.19. The first-order valence-corrected chi connectivity index (χ1v) is 8.27. The van der Waals surface area contributed by atoms with Crippen molar-refractivity contribution in [3.63, 3.8) is 0 Å².